The highest BCUT2D eigenvalue weighted by Crippen LogP contribution is 2.26. The topological polar surface area (TPSA) is 196 Å². The quantitative estimate of drug-likeness (QED) is 0.196. The maximum Gasteiger partial charge on any atom is 0.410 e. The van der Waals surface area contributed by atoms with Gasteiger partial charge in [0.2, 0.25) is 11.8 Å². The van der Waals surface area contributed by atoms with E-state index in [9.17, 15) is 24.0 Å². The minimum atomic E-state index is -0.700. The van der Waals surface area contributed by atoms with Crippen LogP contribution in [0.2, 0.25) is 0 Å². The number of nitrogens with zero attached hydrogens (tertiary/aromatic N) is 8. The molecule has 0 radical (unpaired) electrons. The van der Waals surface area contributed by atoms with Crippen LogP contribution >= 0.6 is 0 Å². The van der Waals surface area contributed by atoms with Crippen molar-refractivity contribution < 1.29 is 38.2 Å². The molecule has 1 aromatic carbocycles. The van der Waals surface area contributed by atoms with Gasteiger partial charge in [-0.25, -0.2) is 14.4 Å². The van der Waals surface area contributed by atoms with E-state index in [1.165, 1.54) is 0 Å². The van der Waals surface area contributed by atoms with Crippen molar-refractivity contribution in [2.75, 3.05) is 94.9 Å². The minimum absolute atomic E-state index is 0.0455. The molecule has 4 fully saturated rings. The van der Waals surface area contributed by atoms with E-state index in [-0.39, 0.29) is 36.5 Å². The summed E-state index contributed by atoms with van der Waals surface area (Å²) in [6.07, 6.45) is 11.2. The van der Waals surface area contributed by atoms with Crippen molar-refractivity contribution in [1.29, 1.82) is 0 Å². The number of anilines is 2. The molecular weight excluding hydrogens is 881 g/mol. The molecule has 4 saturated heterocycles. The van der Waals surface area contributed by atoms with Gasteiger partial charge in [0.05, 0.1) is 12.6 Å². The molecule has 4 aliphatic rings. The van der Waals surface area contributed by atoms with Crippen molar-refractivity contribution in [3.8, 4) is 0 Å². The maximum atomic E-state index is 13.7. The molecule has 2 aromatic heterocycles. The summed E-state index contributed by atoms with van der Waals surface area (Å²) in [5, 5.41) is 2.86. The number of carbonyl (C=O) groups excluding carboxylic acids is 5. The first-order valence-electron chi connectivity index (χ1n) is 24.8. The van der Waals surface area contributed by atoms with Gasteiger partial charge in [-0.05, 0) is 107 Å². The molecular formula is C51H74N10O8. The third-order valence-electron chi connectivity index (χ3n) is 13.1. The summed E-state index contributed by atoms with van der Waals surface area (Å²) < 4.78 is 16.2. The number of piperidine rings is 2. The Bertz CT molecular complexity index is 2050. The summed E-state index contributed by atoms with van der Waals surface area (Å²) in [7, 11) is 0. The molecule has 0 aliphatic carbocycles. The fraction of sp³-hybridized carbons (Fsp3) is 0.588. The highest BCUT2D eigenvalue weighted by atomic mass is 16.6. The number of rotatable bonds is 13. The fourth-order valence-electron chi connectivity index (χ4n) is 9.17. The summed E-state index contributed by atoms with van der Waals surface area (Å²) >= 11 is 0. The molecule has 18 nitrogen and oxygen atoms in total. The number of piperazine rings is 2. The SMILES string of the molecule is CC(C)(C)OC(=O)N1CCC(C[C@H](NC(=O)OCc2ccccc2)C(=O)N2CCN(c3ccncc3)CC2)CC1.CCCOC(=O)N1CCC(C[C@H](N)C(=O)N2CCN(c3ccncc3)CC2)CC1. The van der Waals surface area contributed by atoms with Gasteiger partial charge >= 0.3 is 18.3 Å². The van der Waals surface area contributed by atoms with Crippen LogP contribution in [0, 0.1) is 11.8 Å². The van der Waals surface area contributed by atoms with Crippen molar-refractivity contribution in [3.05, 3.63) is 84.9 Å². The number of amides is 5. The van der Waals surface area contributed by atoms with Gasteiger partial charge in [0.15, 0.2) is 0 Å². The Balaban J connectivity index is 0.000000239. The van der Waals surface area contributed by atoms with Crippen LogP contribution in [0.5, 0.6) is 0 Å². The third-order valence-corrected chi connectivity index (χ3v) is 13.1. The van der Waals surface area contributed by atoms with Crippen LogP contribution in [-0.2, 0) is 30.4 Å². The number of nitrogens with one attached hydrogen (secondary N) is 1. The number of hydrogen-bond acceptors (Lipinski definition) is 13. The standard InChI is InChI=1S/C30H41N5O5.C21H33N5O3/c1-30(2,3)40-29(38)35-15-11-23(12-16-35)21-26(32-28(37)39-22-24-7-5-4-6-8-24)27(36)34-19-17-33(18-20-34)25-9-13-31-14-10-25;1-2-15-29-21(28)26-9-5-17(6-10-26)16-19(22)20(27)25-13-11-24(12-14-25)18-3-7-23-8-4-18/h4-10,13-14,23,26H,11-12,15-22H2,1-3H3,(H,32,37);3-4,7-8,17,19H,2,5-6,9-16,22H2,1H3/t26-;19-/m00/s1. The first kappa shape index (κ1) is 52.2. The Morgan fingerprint density at radius 2 is 1.10 bits per heavy atom. The van der Waals surface area contributed by atoms with Gasteiger partial charge < -0.3 is 54.7 Å². The van der Waals surface area contributed by atoms with E-state index in [1.807, 2.05) is 92.1 Å². The summed E-state index contributed by atoms with van der Waals surface area (Å²) in [5.74, 6) is 0.507. The van der Waals surface area contributed by atoms with Crippen LogP contribution < -0.4 is 20.9 Å². The van der Waals surface area contributed by atoms with Gasteiger partial charge in [-0.15, -0.1) is 0 Å². The number of alkyl carbamates (subject to hydrolysis) is 1. The smallest absolute Gasteiger partial charge is 0.410 e. The van der Waals surface area contributed by atoms with E-state index in [2.05, 4.69) is 25.1 Å². The predicted octanol–water partition coefficient (Wildman–Crippen LogP) is 5.77. The lowest BCUT2D eigenvalue weighted by molar-refractivity contribution is -0.134. The predicted molar refractivity (Wildman–Crippen MR) is 263 cm³/mol. The molecule has 0 saturated carbocycles. The van der Waals surface area contributed by atoms with Gasteiger partial charge in [0.25, 0.3) is 0 Å². The zero-order valence-corrected chi connectivity index (χ0v) is 41.1. The second-order valence-corrected chi connectivity index (χ2v) is 19.3. The Morgan fingerprint density at radius 1 is 0.623 bits per heavy atom. The number of ether oxygens (including phenoxy) is 3. The van der Waals surface area contributed by atoms with Crippen LogP contribution in [0.1, 0.15) is 78.2 Å². The van der Waals surface area contributed by atoms with E-state index in [0.29, 0.717) is 90.8 Å². The van der Waals surface area contributed by atoms with E-state index in [4.69, 9.17) is 19.9 Å². The van der Waals surface area contributed by atoms with E-state index in [0.717, 1.165) is 62.1 Å². The number of carbonyl (C=O) groups is 5. The van der Waals surface area contributed by atoms with Gasteiger partial charge in [-0.2, -0.15) is 0 Å². The molecule has 5 amide bonds. The first-order valence-corrected chi connectivity index (χ1v) is 24.8. The average molecular weight is 955 g/mol. The lowest BCUT2D eigenvalue weighted by Gasteiger charge is -2.38. The van der Waals surface area contributed by atoms with Crippen molar-refractivity contribution >= 4 is 41.5 Å². The van der Waals surface area contributed by atoms with Crippen molar-refractivity contribution in [1.82, 2.24) is 34.9 Å². The molecule has 4 aliphatic heterocycles. The van der Waals surface area contributed by atoms with Crippen LogP contribution in [-0.4, -0.2) is 162 Å². The molecule has 0 spiro atoms. The zero-order chi connectivity index (χ0) is 49.2. The van der Waals surface area contributed by atoms with Gasteiger partial charge in [0.1, 0.15) is 18.2 Å². The van der Waals surface area contributed by atoms with Crippen LogP contribution in [0.25, 0.3) is 0 Å². The second kappa shape index (κ2) is 26.0. The largest absolute Gasteiger partial charge is 0.449 e. The van der Waals surface area contributed by atoms with E-state index in [1.54, 1.807) is 34.6 Å². The summed E-state index contributed by atoms with van der Waals surface area (Å²) in [6.45, 7) is 16.2. The highest BCUT2D eigenvalue weighted by molar-refractivity contribution is 5.86. The van der Waals surface area contributed by atoms with Crippen molar-refractivity contribution in [2.45, 2.75) is 96.9 Å². The normalized spacial score (nSPS) is 18.0. The molecule has 69 heavy (non-hydrogen) atoms. The highest BCUT2D eigenvalue weighted by Gasteiger charge is 2.35. The van der Waals surface area contributed by atoms with E-state index >= 15 is 0 Å². The Morgan fingerprint density at radius 3 is 1.59 bits per heavy atom. The zero-order valence-electron chi connectivity index (χ0n) is 41.1. The number of hydrogen-bond donors (Lipinski definition) is 2. The maximum absolute atomic E-state index is 13.7. The number of benzene rings is 1. The summed E-state index contributed by atoms with van der Waals surface area (Å²) in [4.78, 5) is 83.5. The lowest BCUT2D eigenvalue weighted by Crippen LogP contribution is -2.55. The number of nitrogens with two attached hydrogens (primary N) is 1. The molecule has 0 bridgehead atoms. The number of pyridine rings is 2. The number of likely N-dealkylation sites (tertiary alicyclic amines) is 2. The van der Waals surface area contributed by atoms with Crippen LogP contribution in [0.3, 0.4) is 0 Å². The van der Waals surface area contributed by atoms with Gasteiger partial charge in [-0.3, -0.25) is 19.6 Å². The molecule has 376 valence electrons. The minimum Gasteiger partial charge on any atom is -0.449 e. The summed E-state index contributed by atoms with van der Waals surface area (Å²) in [5.41, 5.74) is 8.82. The Hall–Kier alpha value is -6.17. The molecule has 6 heterocycles. The van der Waals surface area contributed by atoms with E-state index < -0.39 is 23.8 Å². The third kappa shape index (κ3) is 16.5. The fourth-order valence-corrected chi connectivity index (χ4v) is 9.17. The van der Waals surface area contributed by atoms with Crippen LogP contribution in [0.15, 0.2) is 79.4 Å². The Labute approximate surface area is 407 Å². The summed E-state index contributed by atoms with van der Waals surface area (Å²) in [6, 6.07) is 16.2. The average Bonchev–Trinajstić information content (AvgIpc) is 3.37. The van der Waals surface area contributed by atoms with Gasteiger partial charge in [0, 0.05) is 115 Å². The van der Waals surface area contributed by atoms with Crippen LogP contribution in [0.4, 0.5) is 25.8 Å². The molecule has 0 unspecified atom stereocenters. The molecule has 7 rings (SSSR count). The van der Waals surface area contributed by atoms with Crippen molar-refractivity contribution in [3.63, 3.8) is 0 Å². The second-order valence-electron chi connectivity index (χ2n) is 19.3. The number of aromatic nitrogens is 2. The van der Waals surface area contributed by atoms with Crippen molar-refractivity contribution in [2.24, 2.45) is 17.6 Å². The molecule has 3 aromatic rings. The molecule has 18 heteroatoms. The monoisotopic (exact) mass is 955 g/mol. The molecule has 3 N–H and O–H groups in total. The Kier molecular flexibility index (Phi) is 19.7. The lowest BCUT2D eigenvalue weighted by atomic mass is 9.89. The molecule has 2 atom stereocenters. The van der Waals surface area contributed by atoms with Gasteiger partial charge in [-0.1, -0.05) is 37.3 Å². The first-order chi connectivity index (χ1) is 33.3.